The second kappa shape index (κ2) is 7.88. The van der Waals surface area contributed by atoms with Crippen molar-refractivity contribution in [3.8, 4) is 5.75 Å². The van der Waals surface area contributed by atoms with Crippen LogP contribution in [0.5, 0.6) is 5.75 Å². The zero-order valence-electron chi connectivity index (χ0n) is 16.5. The van der Waals surface area contributed by atoms with Crippen LogP contribution in [-0.2, 0) is 7.05 Å². The minimum atomic E-state index is -0.977. The Labute approximate surface area is 163 Å². The van der Waals surface area contributed by atoms with Crippen molar-refractivity contribution in [2.45, 2.75) is 26.3 Å². The minimum Gasteiger partial charge on any atom is -0.491 e. The summed E-state index contributed by atoms with van der Waals surface area (Å²) in [4.78, 5) is 29.3. The van der Waals surface area contributed by atoms with E-state index < -0.39 is 6.09 Å². The molecule has 0 saturated carbocycles. The van der Waals surface area contributed by atoms with Crippen LogP contribution in [0.25, 0.3) is 21.7 Å². The third kappa shape index (κ3) is 3.78. The summed E-state index contributed by atoms with van der Waals surface area (Å²) in [5, 5.41) is 11.7. The zero-order chi connectivity index (χ0) is 20.4. The highest BCUT2D eigenvalue weighted by Gasteiger charge is 2.21. The van der Waals surface area contributed by atoms with Crippen molar-refractivity contribution < 1.29 is 14.6 Å². The molecule has 3 aromatic rings. The van der Waals surface area contributed by atoms with E-state index in [1.54, 1.807) is 31.1 Å². The van der Waals surface area contributed by atoms with E-state index in [-0.39, 0.29) is 18.2 Å². The number of amides is 1. The number of carboxylic acid groups (broad SMARTS) is 1. The maximum absolute atomic E-state index is 12.6. The molecule has 0 aliphatic heterocycles. The van der Waals surface area contributed by atoms with E-state index in [0.29, 0.717) is 23.5 Å². The van der Waals surface area contributed by atoms with Gasteiger partial charge in [0.15, 0.2) is 0 Å². The second-order valence-corrected chi connectivity index (χ2v) is 7.45. The molecule has 0 aliphatic carbocycles. The quantitative estimate of drug-likeness (QED) is 0.659. The highest BCUT2D eigenvalue weighted by Crippen LogP contribution is 2.26. The highest BCUT2D eigenvalue weighted by atomic mass is 16.5. The number of carbonyl (C=O) groups is 1. The third-order valence-electron chi connectivity index (χ3n) is 5.01. The Balaban J connectivity index is 1.94. The average molecular weight is 383 g/mol. The number of hydrogen-bond donors (Lipinski definition) is 1. The van der Waals surface area contributed by atoms with Gasteiger partial charge in [-0.1, -0.05) is 13.8 Å². The fourth-order valence-corrected chi connectivity index (χ4v) is 3.43. The number of fused-ring (bicyclic) bond motifs is 3. The van der Waals surface area contributed by atoms with E-state index in [4.69, 9.17) is 4.74 Å². The molecule has 7 nitrogen and oxygen atoms in total. The molecule has 0 spiro atoms. The van der Waals surface area contributed by atoms with Gasteiger partial charge in [-0.05, 0) is 35.9 Å². The first-order valence-electron chi connectivity index (χ1n) is 9.24. The van der Waals surface area contributed by atoms with Gasteiger partial charge in [0.2, 0.25) is 0 Å². The standard InChI is InChI=1S/C21H25N3O4/c1-13(2)9-14(23(3)21(26)27)12-28-15-5-6-17-16-7-8-22-11-18(16)20(25)24(4)19(17)10-15/h5-8,10-11,13-14H,9,12H2,1-4H3,(H,26,27). The van der Waals surface area contributed by atoms with Crippen LogP contribution < -0.4 is 10.3 Å². The molecule has 2 aromatic heterocycles. The van der Waals surface area contributed by atoms with E-state index in [0.717, 1.165) is 16.3 Å². The van der Waals surface area contributed by atoms with Crippen LogP contribution in [0.3, 0.4) is 0 Å². The maximum Gasteiger partial charge on any atom is 0.407 e. The first-order valence-corrected chi connectivity index (χ1v) is 9.24. The maximum atomic E-state index is 12.6. The average Bonchev–Trinajstić information content (AvgIpc) is 2.68. The lowest BCUT2D eigenvalue weighted by molar-refractivity contribution is 0.110. The van der Waals surface area contributed by atoms with Gasteiger partial charge in [0.05, 0.1) is 16.9 Å². The summed E-state index contributed by atoms with van der Waals surface area (Å²) in [6, 6.07) is 7.17. The van der Waals surface area contributed by atoms with Crippen molar-refractivity contribution in [1.29, 1.82) is 0 Å². The topological polar surface area (TPSA) is 84.7 Å². The Morgan fingerprint density at radius 3 is 2.68 bits per heavy atom. The first-order chi connectivity index (χ1) is 13.3. The lowest BCUT2D eigenvalue weighted by Gasteiger charge is -2.27. The Morgan fingerprint density at radius 2 is 2.00 bits per heavy atom. The van der Waals surface area contributed by atoms with Crippen LogP contribution in [0, 0.1) is 5.92 Å². The van der Waals surface area contributed by atoms with Crippen molar-refractivity contribution in [1.82, 2.24) is 14.5 Å². The summed E-state index contributed by atoms with van der Waals surface area (Å²) in [7, 11) is 3.28. The van der Waals surface area contributed by atoms with E-state index in [1.165, 1.54) is 4.90 Å². The summed E-state index contributed by atoms with van der Waals surface area (Å²) in [5.41, 5.74) is 0.643. The van der Waals surface area contributed by atoms with Gasteiger partial charge in [0.25, 0.3) is 5.56 Å². The van der Waals surface area contributed by atoms with Gasteiger partial charge < -0.3 is 19.3 Å². The Kier molecular flexibility index (Phi) is 5.53. The lowest BCUT2D eigenvalue weighted by atomic mass is 10.0. The molecular formula is C21H25N3O4. The third-order valence-corrected chi connectivity index (χ3v) is 5.01. The van der Waals surface area contributed by atoms with Crippen LogP contribution in [0.4, 0.5) is 4.79 Å². The van der Waals surface area contributed by atoms with E-state index >= 15 is 0 Å². The van der Waals surface area contributed by atoms with Crippen molar-refractivity contribution in [3.63, 3.8) is 0 Å². The fraction of sp³-hybridized carbons (Fsp3) is 0.381. The number of ether oxygens (including phenoxy) is 1. The summed E-state index contributed by atoms with van der Waals surface area (Å²) < 4.78 is 7.51. The smallest absolute Gasteiger partial charge is 0.407 e. The molecule has 28 heavy (non-hydrogen) atoms. The van der Waals surface area contributed by atoms with Gasteiger partial charge in [-0.25, -0.2) is 4.79 Å². The predicted molar refractivity (Wildman–Crippen MR) is 109 cm³/mol. The van der Waals surface area contributed by atoms with Crippen molar-refractivity contribution in [2.24, 2.45) is 13.0 Å². The number of rotatable bonds is 6. The number of pyridine rings is 2. The van der Waals surface area contributed by atoms with Crippen LogP contribution in [0.15, 0.2) is 41.5 Å². The normalized spacial score (nSPS) is 12.5. The molecule has 1 amide bonds. The molecule has 1 N–H and O–H groups in total. The second-order valence-electron chi connectivity index (χ2n) is 7.45. The largest absolute Gasteiger partial charge is 0.491 e. The van der Waals surface area contributed by atoms with E-state index in [9.17, 15) is 14.7 Å². The number of nitrogens with zero attached hydrogens (tertiary/aromatic N) is 3. The summed E-state index contributed by atoms with van der Waals surface area (Å²) in [6.07, 6.45) is 2.98. The van der Waals surface area contributed by atoms with Crippen molar-refractivity contribution >= 4 is 27.8 Å². The first kappa shape index (κ1) is 19.7. The molecule has 148 valence electrons. The predicted octanol–water partition coefficient (Wildman–Crippen LogP) is 3.49. The molecule has 3 rings (SSSR count). The molecular weight excluding hydrogens is 358 g/mol. The molecule has 0 saturated heterocycles. The minimum absolute atomic E-state index is 0.115. The van der Waals surface area contributed by atoms with Gasteiger partial charge in [0.1, 0.15) is 12.4 Å². The molecule has 0 fully saturated rings. The van der Waals surface area contributed by atoms with Gasteiger partial charge in [-0.2, -0.15) is 0 Å². The molecule has 7 heteroatoms. The Hall–Kier alpha value is -3.09. The molecule has 1 atom stereocenters. The lowest BCUT2D eigenvalue weighted by Crippen LogP contribution is -2.40. The van der Waals surface area contributed by atoms with Gasteiger partial charge in [-0.3, -0.25) is 9.78 Å². The number of hydrogen-bond acceptors (Lipinski definition) is 4. The van der Waals surface area contributed by atoms with Crippen LogP contribution in [0.2, 0.25) is 0 Å². The molecule has 2 heterocycles. The van der Waals surface area contributed by atoms with Gasteiger partial charge in [0, 0.05) is 37.9 Å². The van der Waals surface area contributed by atoms with Crippen LogP contribution in [0.1, 0.15) is 20.3 Å². The summed E-state index contributed by atoms with van der Waals surface area (Å²) in [6.45, 7) is 4.35. The monoisotopic (exact) mass is 383 g/mol. The molecule has 0 bridgehead atoms. The molecule has 0 aliphatic rings. The summed E-state index contributed by atoms with van der Waals surface area (Å²) in [5.74, 6) is 0.941. The van der Waals surface area contributed by atoms with Gasteiger partial charge >= 0.3 is 6.09 Å². The van der Waals surface area contributed by atoms with Crippen molar-refractivity contribution in [3.05, 3.63) is 47.0 Å². The van der Waals surface area contributed by atoms with Crippen LogP contribution >= 0.6 is 0 Å². The Bertz CT molecular complexity index is 1070. The Morgan fingerprint density at radius 1 is 1.25 bits per heavy atom. The molecule has 1 aromatic carbocycles. The molecule has 1 unspecified atom stereocenters. The zero-order valence-corrected chi connectivity index (χ0v) is 16.5. The number of aryl methyl sites for hydroxylation is 1. The highest BCUT2D eigenvalue weighted by molar-refractivity contribution is 6.05. The van der Waals surface area contributed by atoms with E-state index in [2.05, 4.69) is 18.8 Å². The fourth-order valence-electron chi connectivity index (χ4n) is 3.43. The SMILES string of the molecule is CC(C)CC(COc1ccc2c3ccncc3c(=O)n(C)c2c1)N(C)C(=O)O. The van der Waals surface area contributed by atoms with Crippen LogP contribution in [-0.4, -0.2) is 45.3 Å². The number of aromatic nitrogens is 2. The van der Waals surface area contributed by atoms with E-state index in [1.807, 2.05) is 24.3 Å². The molecule has 0 radical (unpaired) electrons. The summed E-state index contributed by atoms with van der Waals surface area (Å²) >= 11 is 0. The van der Waals surface area contributed by atoms with Crippen molar-refractivity contribution in [2.75, 3.05) is 13.7 Å². The van der Waals surface area contributed by atoms with Gasteiger partial charge in [-0.15, -0.1) is 0 Å². The number of benzene rings is 1. The number of likely N-dealkylation sites (N-methyl/N-ethyl adjacent to an activating group) is 1.